The minimum absolute atomic E-state index is 0.00106. The van der Waals surface area contributed by atoms with Gasteiger partial charge in [0.1, 0.15) is 23.1 Å². The molecule has 0 saturated carbocycles. The lowest BCUT2D eigenvalue weighted by Crippen LogP contribution is -2.49. The summed E-state index contributed by atoms with van der Waals surface area (Å²) in [6.45, 7) is 4.66. The molecule has 0 bridgehead atoms. The molecule has 0 aliphatic carbocycles. The maximum absolute atomic E-state index is 12.4. The Morgan fingerprint density at radius 1 is 1.27 bits per heavy atom. The number of carbonyl (C=O) groups excluding carboxylic acids is 1. The van der Waals surface area contributed by atoms with Gasteiger partial charge >= 0.3 is 0 Å². The first-order valence-corrected chi connectivity index (χ1v) is 7.23. The number of methoxy groups -OCH3 is 1. The van der Waals surface area contributed by atoms with Crippen molar-refractivity contribution in [3.63, 3.8) is 0 Å². The standard InChI is InChI=1S/C15H19N5O2/c1-11-17-10-13(18-11)15(21)20-7-5-19(6-8-20)14-9-12(22-2)3-4-16-14/h3-4,9-10H,5-8H2,1-2H3,(H,17,18). The summed E-state index contributed by atoms with van der Waals surface area (Å²) in [6.07, 6.45) is 3.33. The highest BCUT2D eigenvalue weighted by Crippen LogP contribution is 2.19. The monoisotopic (exact) mass is 301 g/mol. The quantitative estimate of drug-likeness (QED) is 0.918. The molecule has 3 heterocycles. The van der Waals surface area contributed by atoms with Gasteiger partial charge in [-0.2, -0.15) is 0 Å². The van der Waals surface area contributed by atoms with E-state index in [0.29, 0.717) is 18.8 Å². The maximum Gasteiger partial charge on any atom is 0.272 e. The van der Waals surface area contributed by atoms with Gasteiger partial charge in [0.25, 0.3) is 5.91 Å². The van der Waals surface area contributed by atoms with Crippen molar-refractivity contribution >= 4 is 11.7 Å². The molecule has 3 rings (SSSR count). The van der Waals surface area contributed by atoms with Crippen LogP contribution in [0.4, 0.5) is 5.82 Å². The molecule has 7 heteroatoms. The lowest BCUT2D eigenvalue weighted by atomic mass is 10.2. The van der Waals surface area contributed by atoms with Crippen LogP contribution in [0.2, 0.25) is 0 Å². The minimum Gasteiger partial charge on any atom is -0.497 e. The smallest absolute Gasteiger partial charge is 0.272 e. The number of anilines is 1. The van der Waals surface area contributed by atoms with Crippen LogP contribution in [0.25, 0.3) is 0 Å². The third-order valence-corrected chi connectivity index (χ3v) is 3.78. The van der Waals surface area contributed by atoms with Gasteiger partial charge in [-0.3, -0.25) is 4.79 Å². The molecule has 1 N–H and O–H groups in total. The van der Waals surface area contributed by atoms with Crippen molar-refractivity contribution in [3.05, 3.63) is 36.0 Å². The number of carbonyl (C=O) groups is 1. The van der Waals surface area contributed by atoms with E-state index in [2.05, 4.69) is 19.9 Å². The van der Waals surface area contributed by atoms with Gasteiger partial charge in [-0.1, -0.05) is 0 Å². The number of hydrogen-bond donors (Lipinski definition) is 1. The average molecular weight is 301 g/mol. The van der Waals surface area contributed by atoms with Gasteiger partial charge in [0.15, 0.2) is 0 Å². The molecular formula is C15H19N5O2. The van der Waals surface area contributed by atoms with Crippen molar-refractivity contribution in [2.24, 2.45) is 0 Å². The molecule has 0 radical (unpaired) electrons. The molecule has 2 aromatic rings. The minimum atomic E-state index is -0.00106. The van der Waals surface area contributed by atoms with Crippen LogP contribution in [-0.2, 0) is 0 Å². The van der Waals surface area contributed by atoms with Gasteiger partial charge < -0.3 is 19.5 Å². The zero-order valence-electron chi connectivity index (χ0n) is 12.7. The lowest BCUT2D eigenvalue weighted by molar-refractivity contribution is 0.0741. The van der Waals surface area contributed by atoms with E-state index in [0.717, 1.165) is 30.5 Å². The molecule has 1 saturated heterocycles. The number of H-pyrrole nitrogens is 1. The summed E-state index contributed by atoms with van der Waals surface area (Å²) < 4.78 is 5.22. The molecule has 0 spiro atoms. The summed E-state index contributed by atoms with van der Waals surface area (Å²) in [6, 6.07) is 3.74. The predicted octanol–water partition coefficient (Wildman–Crippen LogP) is 1.08. The molecule has 1 aliphatic heterocycles. The summed E-state index contributed by atoms with van der Waals surface area (Å²) in [5, 5.41) is 0. The molecule has 0 atom stereocenters. The Bertz CT molecular complexity index is 661. The second kappa shape index (κ2) is 6.05. The first-order chi connectivity index (χ1) is 10.7. The third kappa shape index (κ3) is 2.88. The molecule has 1 aliphatic rings. The molecule has 116 valence electrons. The number of hydrogen-bond acceptors (Lipinski definition) is 5. The van der Waals surface area contributed by atoms with Crippen LogP contribution in [-0.4, -0.2) is 59.0 Å². The van der Waals surface area contributed by atoms with Crippen molar-refractivity contribution in [3.8, 4) is 5.75 Å². The number of nitrogens with one attached hydrogen (secondary N) is 1. The number of pyridine rings is 1. The van der Waals surface area contributed by atoms with Crippen LogP contribution in [0, 0.1) is 6.92 Å². The molecule has 2 aromatic heterocycles. The van der Waals surface area contributed by atoms with Gasteiger partial charge in [-0.25, -0.2) is 9.97 Å². The highest BCUT2D eigenvalue weighted by molar-refractivity contribution is 5.92. The van der Waals surface area contributed by atoms with Gasteiger partial charge in [0, 0.05) is 38.4 Å². The van der Waals surface area contributed by atoms with Crippen molar-refractivity contribution in [1.29, 1.82) is 0 Å². The van der Waals surface area contributed by atoms with E-state index in [1.54, 1.807) is 19.5 Å². The molecule has 0 unspecified atom stereocenters. The number of nitrogens with zero attached hydrogens (tertiary/aromatic N) is 4. The largest absolute Gasteiger partial charge is 0.497 e. The second-order valence-corrected chi connectivity index (χ2v) is 5.22. The molecule has 7 nitrogen and oxygen atoms in total. The number of ether oxygens (including phenoxy) is 1. The zero-order valence-corrected chi connectivity index (χ0v) is 12.7. The van der Waals surface area contributed by atoms with Gasteiger partial charge in [0.05, 0.1) is 13.3 Å². The van der Waals surface area contributed by atoms with Crippen LogP contribution in [0.1, 0.15) is 16.3 Å². The van der Waals surface area contributed by atoms with E-state index in [9.17, 15) is 4.79 Å². The number of piperazine rings is 1. The van der Waals surface area contributed by atoms with Crippen LogP contribution >= 0.6 is 0 Å². The Balaban J connectivity index is 1.63. The van der Waals surface area contributed by atoms with Gasteiger partial charge in [0.2, 0.25) is 0 Å². The summed E-state index contributed by atoms with van der Waals surface area (Å²) in [5.41, 5.74) is 0.547. The van der Waals surface area contributed by atoms with E-state index in [1.165, 1.54) is 0 Å². The van der Waals surface area contributed by atoms with Gasteiger partial charge in [-0.15, -0.1) is 0 Å². The van der Waals surface area contributed by atoms with E-state index in [1.807, 2.05) is 24.0 Å². The number of aromatic nitrogens is 3. The first-order valence-electron chi connectivity index (χ1n) is 7.23. The molecular weight excluding hydrogens is 282 g/mol. The van der Waals surface area contributed by atoms with E-state index in [4.69, 9.17) is 4.74 Å². The van der Waals surface area contributed by atoms with E-state index in [-0.39, 0.29) is 5.91 Å². The molecule has 1 amide bonds. The maximum atomic E-state index is 12.4. The van der Waals surface area contributed by atoms with Crippen LogP contribution in [0.3, 0.4) is 0 Å². The summed E-state index contributed by atoms with van der Waals surface area (Å²) >= 11 is 0. The number of imidazole rings is 1. The van der Waals surface area contributed by atoms with E-state index < -0.39 is 0 Å². The Kier molecular flexibility index (Phi) is 3.95. The number of rotatable bonds is 3. The normalized spacial score (nSPS) is 15.0. The Hall–Kier alpha value is -2.57. The highest BCUT2D eigenvalue weighted by Gasteiger charge is 2.24. The zero-order chi connectivity index (χ0) is 15.5. The third-order valence-electron chi connectivity index (χ3n) is 3.78. The summed E-state index contributed by atoms with van der Waals surface area (Å²) in [7, 11) is 1.64. The molecule has 22 heavy (non-hydrogen) atoms. The lowest BCUT2D eigenvalue weighted by Gasteiger charge is -2.35. The topological polar surface area (TPSA) is 74.3 Å². The SMILES string of the molecule is COc1ccnc(N2CCN(C(=O)c3cnc(C)[nH]3)CC2)c1. The van der Waals surface area contributed by atoms with Crippen LogP contribution < -0.4 is 9.64 Å². The van der Waals surface area contributed by atoms with Gasteiger partial charge in [-0.05, 0) is 13.0 Å². The fourth-order valence-corrected chi connectivity index (χ4v) is 2.54. The Labute approximate surface area is 128 Å². The van der Waals surface area contributed by atoms with Crippen LogP contribution in [0.15, 0.2) is 24.5 Å². The summed E-state index contributed by atoms with van der Waals surface area (Å²) in [5.74, 6) is 2.42. The first kappa shape index (κ1) is 14.4. The van der Waals surface area contributed by atoms with Crippen LogP contribution in [0.5, 0.6) is 5.75 Å². The fraction of sp³-hybridized carbons (Fsp3) is 0.400. The molecule has 0 aromatic carbocycles. The number of amides is 1. The fourth-order valence-electron chi connectivity index (χ4n) is 2.54. The highest BCUT2D eigenvalue weighted by atomic mass is 16.5. The van der Waals surface area contributed by atoms with Crippen molar-refractivity contribution in [1.82, 2.24) is 19.9 Å². The van der Waals surface area contributed by atoms with Crippen molar-refractivity contribution in [2.75, 3.05) is 38.2 Å². The van der Waals surface area contributed by atoms with E-state index >= 15 is 0 Å². The van der Waals surface area contributed by atoms with Crippen molar-refractivity contribution < 1.29 is 9.53 Å². The molecule has 1 fully saturated rings. The van der Waals surface area contributed by atoms with Crippen molar-refractivity contribution in [2.45, 2.75) is 6.92 Å². The Morgan fingerprint density at radius 3 is 2.68 bits per heavy atom. The predicted molar refractivity (Wildman–Crippen MR) is 82.2 cm³/mol. The second-order valence-electron chi connectivity index (χ2n) is 5.22. The number of aryl methyl sites for hydroxylation is 1. The number of aromatic amines is 1. The summed E-state index contributed by atoms with van der Waals surface area (Å²) in [4.78, 5) is 27.8. The average Bonchev–Trinajstić information content (AvgIpc) is 3.01. The Morgan fingerprint density at radius 2 is 2.05 bits per heavy atom.